The molecule has 19 heavy (non-hydrogen) atoms. The van der Waals surface area contributed by atoms with Crippen LogP contribution in [0.4, 0.5) is 0 Å². The average Bonchev–Trinajstić information content (AvgIpc) is 2.67. The SMILES string of the molecule is Cc1ccc(OCC(=O)N2C3C=CCC2CC3)cc1. The molecule has 2 atom stereocenters. The molecule has 0 N–H and O–H groups in total. The summed E-state index contributed by atoms with van der Waals surface area (Å²) in [5, 5.41) is 0. The molecule has 2 heterocycles. The van der Waals surface area contributed by atoms with Gasteiger partial charge in [0.1, 0.15) is 5.75 Å². The molecular formula is C16H19NO2. The number of hydrogen-bond acceptors (Lipinski definition) is 2. The second-order valence-corrected chi connectivity index (χ2v) is 5.37. The quantitative estimate of drug-likeness (QED) is 0.779. The summed E-state index contributed by atoms with van der Waals surface area (Å²) in [5.41, 5.74) is 1.19. The first-order valence-corrected chi connectivity index (χ1v) is 6.91. The van der Waals surface area contributed by atoms with E-state index in [-0.39, 0.29) is 12.5 Å². The minimum absolute atomic E-state index is 0.109. The molecule has 3 heteroatoms. The van der Waals surface area contributed by atoms with Crippen LogP contribution in [0, 0.1) is 6.92 Å². The molecule has 2 aliphatic rings. The normalized spacial score (nSPS) is 24.6. The third kappa shape index (κ3) is 2.50. The second-order valence-electron chi connectivity index (χ2n) is 5.37. The van der Waals surface area contributed by atoms with E-state index in [4.69, 9.17) is 4.74 Å². The lowest BCUT2D eigenvalue weighted by Gasteiger charge is -2.31. The third-order valence-corrected chi connectivity index (χ3v) is 3.98. The lowest BCUT2D eigenvalue weighted by Crippen LogP contribution is -2.44. The number of carbonyl (C=O) groups is 1. The molecule has 0 saturated carbocycles. The Morgan fingerprint density at radius 2 is 2.11 bits per heavy atom. The molecule has 0 spiro atoms. The first-order valence-electron chi connectivity index (χ1n) is 6.91. The Bertz CT molecular complexity index is 492. The molecule has 1 fully saturated rings. The number of ether oxygens (including phenoxy) is 1. The summed E-state index contributed by atoms with van der Waals surface area (Å²) < 4.78 is 5.59. The van der Waals surface area contributed by atoms with Gasteiger partial charge in [0.05, 0.1) is 6.04 Å². The van der Waals surface area contributed by atoms with Crippen LogP contribution < -0.4 is 4.74 Å². The fourth-order valence-electron chi connectivity index (χ4n) is 2.97. The Balaban J connectivity index is 1.60. The molecule has 1 amide bonds. The van der Waals surface area contributed by atoms with Gasteiger partial charge in [-0.2, -0.15) is 0 Å². The number of fused-ring (bicyclic) bond motifs is 2. The number of aryl methyl sites for hydroxylation is 1. The van der Waals surface area contributed by atoms with Crippen LogP contribution in [-0.4, -0.2) is 29.5 Å². The molecule has 0 aromatic heterocycles. The molecule has 2 bridgehead atoms. The third-order valence-electron chi connectivity index (χ3n) is 3.98. The molecular weight excluding hydrogens is 238 g/mol. The fourth-order valence-corrected chi connectivity index (χ4v) is 2.97. The number of rotatable bonds is 3. The van der Waals surface area contributed by atoms with E-state index in [9.17, 15) is 4.79 Å². The molecule has 1 aromatic carbocycles. The number of hydrogen-bond donors (Lipinski definition) is 0. The maximum absolute atomic E-state index is 12.3. The van der Waals surface area contributed by atoms with Crippen LogP contribution in [0.25, 0.3) is 0 Å². The molecule has 2 aliphatic heterocycles. The Hall–Kier alpha value is -1.77. The highest BCUT2D eigenvalue weighted by atomic mass is 16.5. The Labute approximate surface area is 113 Å². The lowest BCUT2D eigenvalue weighted by molar-refractivity contribution is -0.135. The van der Waals surface area contributed by atoms with Gasteiger partial charge >= 0.3 is 0 Å². The van der Waals surface area contributed by atoms with Crippen molar-refractivity contribution in [2.75, 3.05) is 6.61 Å². The fraction of sp³-hybridized carbons (Fsp3) is 0.438. The molecule has 2 unspecified atom stereocenters. The van der Waals surface area contributed by atoms with Gasteiger partial charge in [0.25, 0.3) is 5.91 Å². The summed E-state index contributed by atoms with van der Waals surface area (Å²) in [7, 11) is 0. The van der Waals surface area contributed by atoms with Crippen LogP contribution in [0.15, 0.2) is 36.4 Å². The van der Waals surface area contributed by atoms with Gasteiger partial charge < -0.3 is 9.64 Å². The lowest BCUT2D eigenvalue weighted by atomic mass is 10.1. The van der Waals surface area contributed by atoms with Gasteiger partial charge in [-0.25, -0.2) is 0 Å². The van der Waals surface area contributed by atoms with E-state index in [0.717, 1.165) is 25.0 Å². The summed E-state index contributed by atoms with van der Waals surface area (Å²) in [6, 6.07) is 8.50. The second kappa shape index (κ2) is 5.08. The molecule has 3 rings (SSSR count). The Kier molecular flexibility index (Phi) is 3.28. The summed E-state index contributed by atoms with van der Waals surface area (Å²) in [6.45, 7) is 2.18. The maximum atomic E-state index is 12.3. The van der Waals surface area contributed by atoms with E-state index in [0.29, 0.717) is 12.1 Å². The molecule has 1 aromatic rings. The highest BCUT2D eigenvalue weighted by Gasteiger charge is 2.36. The standard InChI is InChI=1S/C16H19NO2/c1-12-5-9-15(10-6-12)19-11-16(18)17-13-3-2-4-14(17)8-7-13/h2-3,5-6,9-10,13-14H,4,7-8,11H2,1H3. The summed E-state index contributed by atoms with van der Waals surface area (Å²) in [6.07, 6.45) is 7.57. The summed E-state index contributed by atoms with van der Waals surface area (Å²) in [4.78, 5) is 14.3. The van der Waals surface area contributed by atoms with Crippen LogP contribution >= 0.6 is 0 Å². The van der Waals surface area contributed by atoms with Gasteiger partial charge in [0.2, 0.25) is 0 Å². The van der Waals surface area contributed by atoms with Gasteiger partial charge in [0, 0.05) is 6.04 Å². The highest BCUT2D eigenvalue weighted by molar-refractivity contribution is 5.79. The van der Waals surface area contributed by atoms with E-state index >= 15 is 0 Å². The van der Waals surface area contributed by atoms with E-state index < -0.39 is 0 Å². The monoisotopic (exact) mass is 257 g/mol. The number of amides is 1. The smallest absolute Gasteiger partial charge is 0.261 e. The van der Waals surface area contributed by atoms with Crippen molar-refractivity contribution in [1.82, 2.24) is 4.90 Å². The van der Waals surface area contributed by atoms with Gasteiger partial charge in [-0.15, -0.1) is 0 Å². The number of benzene rings is 1. The minimum atomic E-state index is 0.109. The zero-order chi connectivity index (χ0) is 13.2. The van der Waals surface area contributed by atoms with Gasteiger partial charge in [-0.1, -0.05) is 29.8 Å². The average molecular weight is 257 g/mol. The molecule has 0 radical (unpaired) electrons. The van der Waals surface area contributed by atoms with Crippen molar-refractivity contribution in [2.45, 2.75) is 38.3 Å². The van der Waals surface area contributed by atoms with Crippen molar-refractivity contribution in [3.8, 4) is 5.75 Å². The van der Waals surface area contributed by atoms with Crippen molar-refractivity contribution in [3.05, 3.63) is 42.0 Å². The van der Waals surface area contributed by atoms with Gasteiger partial charge in [0.15, 0.2) is 6.61 Å². The van der Waals surface area contributed by atoms with E-state index in [1.54, 1.807) is 0 Å². The van der Waals surface area contributed by atoms with Crippen LogP contribution in [0.1, 0.15) is 24.8 Å². The van der Waals surface area contributed by atoms with E-state index in [1.165, 1.54) is 5.56 Å². The zero-order valence-corrected chi connectivity index (χ0v) is 11.2. The van der Waals surface area contributed by atoms with Crippen LogP contribution in [0.3, 0.4) is 0 Å². The van der Waals surface area contributed by atoms with Gasteiger partial charge in [-0.05, 0) is 38.3 Å². The molecule has 100 valence electrons. The minimum Gasteiger partial charge on any atom is -0.484 e. The van der Waals surface area contributed by atoms with Crippen molar-refractivity contribution in [3.63, 3.8) is 0 Å². The van der Waals surface area contributed by atoms with E-state index in [2.05, 4.69) is 12.2 Å². The van der Waals surface area contributed by atoms with Crippen LogP contribution in [-0.2, 0) is 4.79 Å². The highest BCUT2D eigenvalue weighted by Crippen LogP contribution is 2.31. The van der Waals surface area contributed by atoms with Crippen molar-refractivity contribution in [2.24, 2.45) is 0 Å². The first-order chi connectivity index (χ1) is 9.24. The molecule has 0 aliphatic carbocycles. The first kappa shape index (κ1) is 12.3. The number of carbonyl (C=O) groups excluding carboxylic acids is 1. The summed E-state index contributed by atoms with van der Waals surface area (Å²) >= 11 is 0. The topological polar surface area (TPSA) is 29.5 Å². The Morgan fingerprint density at radius 3 is 2.84 bits per heavy atom. The predicted octanol–water partition coefficient (Wildman–Crippen LogP) is 2.69. The van der Waals surface area contributed by atoms with Gasteiger partial charge in [-0.3, -0.25) is 4.79 Å². The molecule has 3 nitrogen and oxygen atoms in total. The van der Waals surface area contributed by atoms with Crippen LogP contribution in [0.5, 0.6) is 5.75 Å². The number of nitrogens with zero attached hydrogens (tertiary/aromatic N) is 1. The predicted molar refractivity (Wildman–Crippen MR) is 74.1 cm³/mol. The Morgan fingerprint density at radius 1 is 1.32 bits per heavy atom. The van der Waals surface area contributed by atoms with Crippen molar-refractivity contribution >= 4 is 5.91 Å². The molecule has 1 saturated heterocycles. The largest absolute Gasteiger partial charge is 0.484 e. The van der Waals surface area contributed by atoms with Crippen molar-refractivity contribution in [1.29, 1.82) is 0 Å². The van der Waals surface area contributed by atoms with Crippen molar-refractivity contribution < 1.29 is 9.53 Å². The summed E-state index contributed by atoms with van der Waals surface area (Å²) in [5.74, 6) is 0.872. The maximum Gasteiger partial charge on any atom is 0.261 e. The van der Waals surface area contributed by atoms with Crippen LogP contribution in [0.2, 0.25) is 0 Å². The zero-order valence-electron chi connectivity index (χ0n) is 11.2. The van der Waals surface area contributed by atoms with E-state index in [1.807, 2.05) is 36.1 Å².